The van der Waals surface area contributed by atoms with Crippen molar-refractivity contribution < 1.29 is 8.42 Å². The van der Waals surface area contributed by atoms with E-state index in [1.165, 1.54) is 4.31 Å². The van der Waals surface area contributed by atoms with Crippen molar-refractivity contribution >= 4 is 31.6 Å². The van der Waals surface area contributed by atoms with E-state index in [9.17, 15) is 8.42 Å². The molecule has 0 radical (unpaired) electrons. The first kappa shape index (κ1) is 16.0. The summed E-state index contributed by atoms with van der Waals surface area (Å²) in [5, 5.41) is 0. The maximum atomic E-state index is 12.8. The van der Waals surface area contributed by atoms with Gasteiger partial charge in [-0.2, -0.15) is 0 Å². The SMILES string of the molecule is CCN(c1cc(C)cc(C)c1)S(=O)(=O)c1ccc(Br)cc1. The predicted molar refractivity (Wildman–Crippen MR) is 90.3 cm³/mol. The molecular formula is C16H18BrNO2S. The summed E-state index contributed by atoms with van der Waals surface area (Å²) < 4.78 is 27.9. The van der Waals surface area contributed by atoms with Crippen molar-refractivity contribution in [1.29, 1.82) is 0 Å². The number of halogens is 1. The van der Waals surface area contributed by atoms with E-state index in [1.54, 1.807) is 24.3 Å². The molecule has 0 aromatic heterocycles. The summed E-state index contributed by atoms with van der Waals surface area (Å²) in [7, 11) is -3.54. The third-order valence-corrected chi connectivity index (χ3v) is 5.63. The molecule has 21 heavy (non-hydrogen) atoms. The van der Waals surface area contributed by atoms with Gasteiger partial charge >= 0.3 is 0 Å². The lowest BCUT2D eigenvalue weighted by Crippen LogP contribution is -2.30. The largest absolute Gasteiger partial charge is 0.267 e. The lowest BCUT2D eigenvalue weighted by Gasteiger charge is -2.23. The summed E-state index contributed by atoms with van der Waals surface area (Å²) in [5.41, 5.74) is 2.81. The van der Waals surface area contributed by atoms with Crippen LogP contribution in [0.5, 0.6) is 0 Å². The Morgan fingerprint density at radius 1 is 1.00 bits per heavy atom. The minimum Gasteiger partial charge on any atom is -0.267 e. The van der Waals surface area contributed by atoms with Crippen molar-refractivity contribution in [2.45, 2.75) is 25.7 Å². The van der Waals surface area contributed by atoms with Crippen LogP contribution in [0.15, 0.2) is 51.8 Å². The molecular weight excluding hydrogens is 350 g/mol. The van der Waals surface area contributed by atoms with E-state index >= 15 is 0 Å². The van der Waals surface area contributed by atoms with E-state index in [2.05, 4.69) is 15.9 Å². The van der Waals surface area contributed by atoms with Gasteiger partial charge in [0.15, 0.2) is 0 Å². The van der Waals surface area contributed by atoms with Gasteiger partial charge in [0, 0.05) is 11.0 Å². The molecule has 0 amide bonds. The molecule has 0 aliphatic carbocycles. The Morgan fingerprint density at radius 2 is 1.52 bits per heavy atom. The molecule has 0 N–H and O–H groups in total. The average molecular weight is 368 g/mol. The minimum atomic E-state index is -3.54. The Balaban J connectivity index is 2.51. The van der Waals surface area contributed by atoms with Gasteiger partial charge in [0.2, 0.25) is 0 Å². The van der Waals surface area contributed by atoms with Gasteiger partial charge in [-0.3, -0.25) is 4.31 Å². The van der Waals surface area contributed by atoms with Crippen LogP contribution < -0.4 is 4.31 Å². The first-order chi connectivity index (χ1) is 9.84. The van der Waals surface area contributed by atoms with Crippen molar-refractivity contribution in [3.63, 3.8) is 0 Å². The molecule has 2 aromatic rings. The number of rotatable bonds is 4. The van der Waals surface area contributed by atoms with E-state index in [0.29, 0.717) is 17.1 Å². The molecule has 0 atom stereocenters. The van der Waals surface area contributed by atoms with Crippen molar-refractivity contribution in [3.05, 3.63) is 58.1 Å². The van der Waals surface area contributed by atoms with Gasteiger partial charge in [0.25, 0.3) is 10.0 Å². The Bertz CT molecular complexity index is 719. The van der Waals surface area contributed by atoms with Crippen LogP contribution in [0, 0.1) is 13.8 Å². The highest BCUT2D eigenvalue weighted by Gasteiger charge is 2.23. The minimum absolute atomic E-state index is 0.298. The molecule has 2 aromatic carbocycles. The van der Waals surface area contributed by atoms with Crippen molar-refractivity contribution in [2.24, 2.45) is 0 Å². The Hall–Kier alpha value is -1.33. The highest BCUT2D eigenvalue weighted by molar-refractivity contribution is 9.10. The Kier molecular flexibility index (Phi) is 4.74. The fourth-order valence-electron chi connectivity index (χ4n) is 2.32. The second-order valence-electron chi connectivity index (χ2n) is 4.97. The van der Waals surface area contributed by atoms with Crippen LogP contribution in [0.4, 0.5) is 5.69 Å². The highest BCUT2D eigenvalue weighted by Crippen LogP contribution is 2.26. The van der Waals surface area contributed by atoms with E-state index in [-0.39, 0.29) is 0 Å². The molecule has 0 saturated carbocycles. The zero-order valence-corrected chi connectivity index (χ0v) is 14.7. The second kappa shape index (κ2) is 6.20. The smallest absolute Gasteiger partial charge is 0.264 e. The van der Waals surface area contributed by atoms with Crippen LogP contribution in [0.3, 0.4) is 0 Å². The fourth-order valence-corrected chi connectivity index (χ4v) is 4.04. The summed E-state index contributed by atoms with van der Waals surface area (Å²) >= 11 is 3.32. The summed E-state index contributed by atoms with van der Waals surface area (Å²) in [6.07, 6.45) is 0. The lowest BCUT2D eigenvalue weighted by atomic mass is 10.1. The molecule has 0 fully saturated rings. The standard InChI is InChI=1S/C16H18BrNO2S/c1-4-18(15-10-12(2)9-13(3)11-15)21(19,20)16-7-5-14(17)6-8-16/h5-11H,4H2,1-3H3. The zero-order chi connectivity index (χ0) is 15.6. The molecule has 0 heterocycles. The molecule has 0 aliphatic heterocycles. The van der Waals surface area contributed by atoms with Gasteiger partial charge in [-0.15, -0.1) is 0 Å². The van der Waals surface area contributed by atoms with Crippen LogP contribution in [0.1, 0.15) is 18.1 Å². The first-order valence-corrected chi connectivity index (χ1v) is 8.94. The zero-order valence-electron chi connectivity index (χ0n) is 12.3. The molecule has 3 nitrogen and oxygen atoms in total. The molecule has 0 bridgehead atoms. The van der Waals surface area contributed by atoms with Crippen LogP contribution in [-0.4, -0.2) is 15.0 Å². The van der Waals surface area contributed by atoms with Crippen LogP contribution in [-0.2, 0) is 10.0 Å². The van der Waals surface area contributed by atoms with Gasteiger partial charge in [0.1, 0.15) is 0 Å². The Labute approximate surface area is 134 Å². The number of hydrogen-bond acceptors (Lipinski definition) is 2. The van der Waals surface area contributed by atoms with E-state index in [1.807, 2.05) is 39.0 Å². The van der Waals surface area contributed by atoms with Crippen molar-refractivity contribution in [2.75, 3.05) is 10.8 Å². The number of benzene rings is 2. The molecule has 0 unspecified atom stereocenters. The summed E-state index contributed by atoms with van der Waals surface area (Å²) in [4.78, 5) is 0.298. The molecule has 5 heteroatoms. The predicted octanol–water partition coefficient (Wildman–Crippen LogP) is 4.28. The molecule has 0 saturated heterocycles. The number of aryl methyl sites for hydroxylation is 2. The van der Waals surface area contributed by atoms with Gasteiger partial charge in [0.05, 0.1) is 10.6 Å². The van der Waals surface area contributed by atoms with Gasteiger partial charge in [-0.1, -0.05) is 22.0 Å². The van der Waals surface area contributed by atoms with Crippen molar-refractivity contribution in [3.8, 4) is 0 Å². The van der Waals surface area contributed by atoms with E-state index < -0.39 is 10.0 Å². The number of sulfonamides is 1. The van der Waals surface area contributed by atoms with Crippen molar-refractivity contribution in [1.82, 2.24) is 0 Å². The summed E-state index contributed by atoms with van der Waals surface area (Å²) in [6.45, 7) is 6.17. The maximum Gasteiger partial charge on any atom is 0.264 e. The van der Waals surface area contributed by atoms with E-state index in [4.69, 9.17) is 0 Å². The van der Waals surface area contributed by atoms with Gasteiger partial charge in [-0.05, 0) is 68.3 Å². The highest BCUT2D eigenvalue weighted by atomic mass is 79.9. The van der Waals surface area contributed by atoms with Crippen LogP contribution in [0.2, 0.25) is 0 Å². The number of anilines is 1. The summed E-state index contributed by atoms with van der Waals surface area (Å²) in [6, 6.07) is 12.5. The third-order valence-electron chi connectivity index (χ3n) is 3.18. The van der Waals surface area contributed by atoms with Gasteiger partial charge < -0.3 is 0 Å². The first-order valence-electron chi connectivity index (χ1n) is 6.71. The summed E-state index contributed by atoms with van der Waals surface area (Å²) in [5.74, 6) is 0. The normalized spacial score (nSPS) is 11.4. The third kappa shape index (κ3) is 3.47. The van der Waals surface area contributed by atoms with Gasteiger partial charge in [-0.25, -0.2) is 8.42 Å². The quantitative estimate of drug-likeness (QED) is 0.808. The molecule has 0 aliphatic rings. The van der Waals surface area contributed by atoms with Crippen LogP contribution in [0.25, 0.3) is 0 Å². The number of hydrogen-bond donors (Lipinski definition) is 0. The average Bonchev–Trinajstić information content (AvgIpc) is 2.38. The topological polar surface area (TPSA) is 37.4 Å². The molecule has 0 spiro atoms. The second-order valence-corrected chi connectivity index (χ2v) is 7.75. The molecule has 2 rings (SSSR count). The Morgan fingerprint density at radius 3 is 2.00 bits per heavy atom. The number of nitrogens with zero attached hydrogens (tertiary/aromatic N) is 1. The van der Waals surface area contributed by atoms with E-state index in [0.717, 1.165) is 15.6 Å². The van der Waals surface area contributed by atoms with Crippen LogP contribution >= 0.6 is 15.9 Å². The molecule has 112 valence electrons. The maximum absolute atomic E-state index is 12.8. The lowest BCUT2D eigenvalue weighted by molar-refractivity contribution is 0.592. The fraction of sp³-hybridized carbons (Fsp3) is 0.250. The monoisotopic (exact) mass is 367 g/mol.